The van der Waals surface area contributed by atoms with Crippen molar-refractivity contribution in [2.75, 3.05) is 6.61 Å². The highest BCUT2D eigenvalue weighted by molar-refractivity contribution is 5.75. The molecule has 0 aromatic heterocycles. The summed E-state index contributed by atoms with van der Waals surface area (Å²) in [5.74, 6) is -1.10. The van der Waals surface area contributed by atoms with Gasteiger partial charge in [-0.3, -0.25) is 0 Å². The van der Waals surface area contributed by atoms with Crippen molar-refractivity contribution in [3.63, 3.8) is 0 Å². The van der Waals surface area contributed by atoms with Crippen LogP contribution in [0.25, 0.3) is 0 Å². The van der Waals surface area contributed by atoms with Gasteiger partial charge < -0.3 is 30.3 Å². The smallest absolute Gasteiger partial charge is 0.337 e. The van der Waals surface area contributed by atoms with Gasteiger partial charge in [-0.05, 0) is 13.8 Å². The Balaban J connectivity index is 4.42. The number of rotatable bonds is 6. The molecule has 0 saturated carbocycles. The third kappa shape index (κ3) is 4.03. The minimum Gasteiger partial charge on any atom is -0.464 e. The SMILES string of the molecule is CCOC(=O)[C@H](O)[C@@H](O)[C@H](O)[C@H](O)[C@@H](C)O. The van der Waals surface area contributed by atoms with Crippen LogP contribution in [0, 0.1) is 0 Å². The molecule has 0 aromatic carbocycles. The van der Waals surface area contributed by atoms with Gasteiger partial charge in [0, 0.05) is 0 Å². The van der Waals surface area contributed by atoms with Crippen LogP contribution < -0.4 is 0 Å². The van der Waals surface area contributed by atoms with Gasteiger partial charge in [-0.2, -0.15) is 0 Å². The van der Waals surface area contributed by atoms with Crippen molar-refractivity contribution in [3.8, 4) is 0 Å². The van der Waals surface area contributed by atoms with E-state index in [0.717, 1.165) is 0 Å². The maximum Gasteiger partial charge on any atom is 0.337 e. The first-order valence-electron chi connectivity index (χ1n) is 4.89. The predicted molar refractivity (Wildman–Crippen MR) is 52.3 cm³/mol. The van der Waals surface area contributed by atoms with Crippen LogP contribution in [-0.4, -0.2) is 68.6 Å². The molecule has 7 nitrogen and oxygen atoms in total. The molecule has 0 aliphatic carbocycles. The van der Waals surface area contributed by atoms with Gasteiger partial charge in [-0.1, -0.05) is 0 Å². The Morgan fingerprint density at radius 1 is 1.06 bits per heavy atom. The third-order valence-corrected chi connectivity index (χ3v) is 2.05. The van der Waals surface area contributed by atoms with Crippen LogP contribution in [0.4, 0.5) is 0 Å². The van der Waals surface area contributed by atoms with E-state index in [1.54, 1.807) is 0 Å². The van der Waals surface area contributed by atoms with E-state index in [1.165, 1.54) is 13.8 Å². The minimum atomic E-state index is -1.97. The van der Waals surface area contributed by atoms with Gasteiger partial charge in [0.05, 0.1) is 12.7 Å². The lowest BCUT2D eigenvalue weighted by molar-refractivity contribution is -0.172. The number of hydrogen-bond donors (Lipinski definition) is 5. The summed E-state index contributed by atoms with van der Waals surface area (Å²) < 4.78 is 4.41. The molecule has 5 N–H and O–H groups in total. The van der Waals surface area contributed by atoms with Crippen LogP contribution in [0.5, 0.6) is 0 Å². The molecule has 16 heavy (non-hydrogen) atoms. The van der Waals surface area contributed by atoms with Crippen LogP contribution in [0.1, 0.15) is 13.8 Å². The summed E-state index contributed by atoms with van der Waals surface area (Å²) in [6.07, 6.45) is -8.72. The van der Waals surface area contributed by atoms with Crippen LogP contribution in [0.3, 0.4) is 0 Å². The molecular formula is C9H18O7. The van der Waals surface area contributed by atoms with Crippen LogP contribution in [0.2, 0.25) is 0 Å². The number of carbonyl (C=O) groups is 1. The van der Waals surface area contributed by atoms with Gasteiger partial charge in [0.25, 0.3) is 0 Å². The molecule has 0 unspecified atom stereocenters. The monoisotopic (exact) mass is 238 g/mol. The van der Waals surface area contributed by atoms with Crippen LogP contribution in [0.15, 0.2) is 0 Å². The highest BCUT2D eigenvalue weighted by atomic mass is 16.5. The molecule has 0 aliphatic heterocycles. The summed E-state index contributed by atoms with van der Waals surface area (Å²) in [4.78, 5) is 11.0. The molecule has 0 spiro atoms. The van der Waals surface area contributed by atoms with Crippen molar-refractivity contribution in [1.29, 1.82) is 0 Å². The zero-order chi connectivity index (χ0) is 12.9. The lowest BCUT2D eigenvalue weighted by Gasteiger charge is -2.26. The lowest BCUT2D eigenvalue weighted by atomic mass is 10.00. The van der Waals surface area contributed by atoms with Crippen molar-refractivity contribution in [1.82, 2.24) is 0 Å². The fourth-order valence-corrected chi connectivity index (χ4v) is 1.04. The van der Waals surface area contributed by atoms with Crippen molar-refractivity contribution < 1.29 is 35.1 Å². The third-order valence-electron chi connectivity index (χ3n) is 2.05. The molecular weight excluding hydrogens is 220 g/mol. The Morgan fingerprint density at radius 2 is 1.56 bits per heavy atom. The summed E-state index contributed by atoms with van der Waals surface area (Å²) in [6, 6.07) is 0. The summed E-state index contributed by atoms with van der Waals surface area (Å²) in [5, 5.41) is 46.0. The second kappa shape index (κ2) is 6.77. The molecule has 0 aliphatic rings. The maximum absolute atomic E-state index is 11.0. The summed E-state index contributed by atoms with van der Waals surface area (Å²) in [5.41, 5.74) is 0. The maximum atomic E-state index is 11.0. The van der Waals surface area contributed by atoms with Gasteiger partial charge in [-0.25, -0.2) is 4.79 Å². The van der Waals surface area contributed by atoms with Crippen molar-refractivity contribution >= 4 is 5.97 Å². The van der Waals surface area contributed by atoms with Crippen LogP contribution >= 0.6 is 0 Å². The molecule has 0 fully saturated rings. The number of aliphatic hydroxyl groups excluding tert-OH is 5. The first-order valence-corrected chi connectivity index (χ1v) is 4.89. The quantitative estimate of drug-likeness (QED) is 0.320. The highest BCUT2D eigenvalue weighted by Gasteiger charge is 2.36. The molecule has 0 aromatic rings. The Labute approximate surface area is 92.9 Å². The Morgan fingerprint density at radius 3 is 1.94 bits per heavy atom. The molecule has 0 rings (SSSR count). The molecule has 0 radical (unpaired) electrons. The fraction of sp³-hybridized carbons (Fsp3) is 0.889. The topological polar surface area (TPSA) is 127 Å². The first kappa shape index (κ1) is 15.3. The van der Waals surface area contributed by atoms with E-state index >= 15 is 0 Å². The molecule has 7 heteroatoms. The summed E-state index contributed by atoms with van der Waals surface area (Å²) in [6.45, 7) is 2.72. The molecule has 0 amide bonds. The normalized spacial score (nSPS) is 20.7. The van der Waals surface area contributed by atoms with E-state index in [9.17, 15) is 25.2 Å². The standard InChI is InChI=1S/C9H18O7/c1-3-16-9(15)8(14)7(13)6(12)5(11)4(2)10/h4-8,10-14H,3H2,1-2H3/t4-,5-,6-,7+,8-/m1/s1. The summed E-state index contributed by atoms with van der Waals surface area (Å²) in [7, 11) is 0. The lowest BCUT2D eigenvalue weighted by Crippen LogP contribution is -2.51. The second-order valence-electron chi connectivity index (χ2n) is 3.41. The number of hydrogen-bond acceptors (Lipinski definition) is 7. The van der Waals surface area contributed by atoms with E-state index < -0.39 is 36.5 Å². The van der Waals surface area contributed by atoms with E-state index in [2.05, 4.69) is 4.74 Å². The van der Waals surface area contributed by atoms with Gasteiger partial charge >= 0.3 is 5.97 Å². The fourth-order valence-electron chi connectivity index (χ4n) is 1.04. The molecule has 0 heterocycles. The zero-order valence-electron chi connectivity index (χ0n) is 9.15. The number of aliphatic hydroxyl groups is 5. The van der Waals surface area contributed by atoms with Gasteiger partial charge in [0.1, 0.15) is 18.3 Å². The van der Waals surface area contributed by atoms with Gasteiger partial charge in [0.15, 0.2) is 6.10 Å². The van der Waals surface area contributed by atoms with Crippen LogP contribution in [-0.2, 0) is 9.53 Å². The Kier molecular flexibility index (Phi) is 6.46. The van der Waals surface area contributed by atoms with E-state index in [0.29, 0.717) is 0 Å². The van der Waals surface area contributed by atoms with E-state index in [1.807, 2.05) is 0 Å². The van der Waals surface area contributed by atoms with Gasteiger partial charge in [-0.15, -0.1) is 0 Å². The van der Waals surface area contributed by atoms with Crippen molar-refractivity contribution in [2.24, 2.45) is 0 Å². The second-order valence-corrected chi connectivity index (χ2v) is 3.41. The summed E-state index contributed by atoms with van der Waals surface area (Å²) >= 11 is 0. The molecule has 0 saturated heterocycles. The minimum absolute atomic E-state index is 0.0116. The molecule has 5 atom stereocenters. The average molecular weight is 238 g/mol. The predicted octanol–water partition coefficient (Wildman–Crippen LogP) is -2.63. The Hall–Kier alpha value is -0.730. The zero-order valence-corrected chi connectivity index (χ0v) is 9.15. The molecule has 96 valence electrons. The highest BCUT2D eigenvalue weighted by Crippen LogP contribution is 2.09. The number of esters is 1. The average Bonchev–Trinajstić information content (AvgIpc) is 2.25. The number of carbonyl (C=O) groups excluding carboxylic acids is 1. The molecule has 0 bridgehead atoms. The number of ether oxygens (including phenoxy) is 1. The van der Waals surface area contributed by atoms with E-state index in [-0.39, 0.29) is 6.61 Å². The Bertz CT molecular complexity index is 218. The van der Waals surface area contributed by atoms with E-state index in [4.69, 9.17) is 5.11 Å². The first-order chi connectivity index (χ1) is 7.32. The van der Waals surface area contributed by atoms with Crippen molar-refractivity contribution in [2.45, 2.75) is 44.4 Å². The van der Waals surface area contributed by atoms with Gasteiger partial charge in [0.2, 0.25) is 0 Å². The van der Waals surface area contributed by atoms with Crippen molar-refractivity contribution in [3.05, 3.63) is 0 Å². The largest absolute Gasteiger partial charge is 0.464 e.